The zero-order valence-corrected chi connectivity index (χ0v) is 14.6. The molecule has 0 aromatic heterocycles. The van der Waals surface area contributed by atoms with E-state index in [0.717, 1.165) is 19.3 Å². The molecule has 5 N–H and O–H groups in total. The summed E-state index contributed by atoms with van der Waals surface area (Å²) in [5.74, 6) is -0.159. The van der Waals surface area contributed by atoms with Crippen molar-refractivity contribution in [2.24, 2.45) is 17.4 Å². The van der Waals surface area contributed by atoms with Gasteiger partial charge in [-0.25, -0.2) is 0 Å². The van der Waals surface area contributed by atoms with Gasteiger partial charge in [-0.3, -0.25) is 4.55 Å². The number of unbranched alkanes of at least 4 members (excludes halogenated alkanes) is 3. The van der Waals surface area contributed by atoms with Crippen molar-refractivity contribution in [1.29, 1.82) is 0 Å². The van der Waals surface area contributed by atoms with Gasteiger partial charge in [-0.2, -0.15) is 8.42 Å². The van der Waals surface area contributed by atoms with Crippen LogP contribution in [0, 0.1) is 5.92 Å². The molecule has 0 bridgehead atoms. The van der Waals surface area contributed by atoms with Crippen molar-refractivity contribution in [3.05, 3.63) is 0 Å². The number of hydrogen-bond donors (Lipinski definition) is 3. The summed E-state index contributed by atoms with van der Waals surface area (Å²) in [6.07, 6.45) is 7.37. The molecule has 0 aliphatic heterocycles. The third kappa shape index (κ3) is 13.5. The maximum atomic E-state index is 10.9. The molecule has 21 heavy (non-hydrogen) atoms. The Morgan fingerprint density at radius 1 is 1.14 bits per heavy atom. The lowest BCUT2D eigenvalue weighted by molar-refractivity contribution is 0.370. The first kappa shape index (κ1) is 21.1. The molecule has 3 atom stereocenters. The van der Waals surface area contributed by atoms with Gasteiger partial charge in [0.05, 0.1) is 5.75 Å². The smallest absolute Gasteiger partial charge is 0.264 e. The van der Waals surface area contributed by atoms with E-state index in [1.54, 1.807) is 0 Å². The van der Waals surface area contributed by atoms with Crippen LogP contribution in [0.1, 0.15) is 58.3 Å². The average molecular weight is 343 g/mol. The highest BCUT2D eigenvalue weighted by atomic mass is 35.5. The Bertz CT molecular complexity index is 352. The molecule has 0 fully saturated rings. The molecule has 5 nitrogen and oxygen atoms in total. The van der Waals surface area contributed by atoms with E-state index in [-0.39, 0.29) is 23.1 Å². The molecular weight excluding hydrogens is 312 g/mol. The Kier molecular flexibility index (Phi) is 11.7. The third-order valence-electron chi connectivity index (χ3n) is 3.69. The summed E-state index contributed by atoms with van der Waals surface area (Å²) < 4.78 is 30.7. The second kappa shape index (κ2) is 11.7. The summed E-state index contributed by atoms with van der Waals surface area (Å²) in [6, 6.07) is 0.0508. The van der Waals surface area contributed by atoms with Crippen LogP contribution >= 0.6 is 11.6 Å². The molecule has 0 aliphatic carbocycles. The van der Waals surface area contributed by atoms with Gasteiger partial charge in [-0.1, -0.05) is 32.6 Å². The zero-order valence-electron chi connectivity index (χ0n) is 13.0. The molecule has 0 spiro atoms. The van der Waals surface area contributed by atoms with Crippen LogP contribution in [0.3, 0.4) is 0 Å². The Hall–Kier alpha value is 0.120. The standard InChI is InChI=1S/C14H31ClN2O3S/c1-2-3-4-5-6-14(17)10-12(9-13(15)11-16)7-8-21(18,19)20/h12-14H,2-11,16-17H2,1H3,(H,18,19,20). The van der Waals surface area contributed by atoms with Gasteiger partial charge in [0, 0.05) is 18.0 Å². The SMILES string of the molecule is CCCCCCC(N)CC(CCS(=O)(=O)O)CC(Cl)CN. The van der Waals surface area contributed by atoms with Crippen LogP contribution in [0.15, 0.2) is 0 Å². The summed E-state index contributed by atoms with van der Waals surface area (Å²) >= 11 is 6.06. The van der Waals surface area contributed by atoms with Crippen molar-refractivity contribution in [1.82, 2.24) is 0 Å². The number of halogens is 1. The molecule has 128 valence electrons. The van der Waals surface area contributed by atoms with Gasteiger partial charge in [0.1, 0.15) is 0 Å². The fourth-order valence-electron chi connectivity index (χ4n) is 2.48. The van der Waals surface area contributed by atoms with E-state index in [1.165, 1.54) is 19.3 Å². The Morgan fingerprint density at radius 2 is 1.81 bits per heavy atom. The van der Waals surface area contributed by atoms with Gasteiger partial charge in [-0.15, -0.1) is 11.6 Å². The number of hydrogen-bond acceptors (Lipinski definition) is 4. The first-order valence-electron chi connectivity index (χ1n) is 7.83. The predicted octanol–water partition coefficient (Wildman–Crippen LogP) is 2.52. The lowest BCUT2D eigenvalue weighted by Gasteiger charge is -2.22. The van der Waals surface area contributed by atoms with E-state index in [9.17, 15) is 8.42 Å². The van der Waals surface area contributed by atoms with Crippen molar-refractivity contribution < 1.29 is 13.0 Å². The lowest BCUT2D eigenvalue weighted by atomic mass is 9.90. The highest BCUT2D eigenvalue weighted by molar-refractivity contribution is 7.85. The molecule has 0 aromatic carbocycles. The first-order chi connectivity index (χ1) is 9.78. The monoisotopic (exact) mass is 342 g/mol. The topological polar surface area (TPSA) is 106 Å². The molecule has 7 heteroatoms. The number of alkyl halides is 1. The number of rotatable bonds is 13. The third-order valence-corrected chi connectivity index (χ3v) is 4.80. The van der Waals surface area contributed by atoms with E-state index in [0.29, 0.717) is 19.4 Å². The molecule has 0 aliphatic rings. The summed E-state index contributed by atoms with van der Waals surface area (Å²) in [6.45, 7) is 2.52. The minimum Gasteiger partial charge on any atom is -0.329 e. The highest BCUT2D eigenvalue weighted by Gasteiger charge is 2.19. The van der Waals surface area contributed by atoms with Crippen LogP contribution in [0.5, 0.6) is 0 Å². The molecule has 3 unspecified atom stereocenters. The molecule has 0 aromatic rings. The van der Waals surface area contributed by atoms with Crippen LogP contribution in [0.4, 0.5) is 0 Å². The van der Waals surface area contributed by atoms with Crippen LogP contribution < -0.4 is 11.5 Å². The van der Waals surface area contributed by atoms with Crippen molar-refractivity contribution >= 4 is 21.7 Å². The zero-order chi connectivity index (χ0) is 16.3. The van der Waals surface area contributed by atoms with Gasteiger partial charge in [0.15, 0.2) is 0 Å². The largest absolute Gasteiger partial charge is 0.329 e. The summed E-state index contributed by atoms with van der Waals surface area (Å²) in [4.78, 5) is 0. The normalized spacial score (nSPS) is 16.6. The van der Waals surface area contributed by atoms with E-state index >= 15 is 0 Å². The van der Waals surface area contributed by atoms with Crippen LogP contribution in [-0.4, -0.2) is 36.7 Å². The quantitative estimate of drug-likeness (QED) is 0.271. The van der Waals surface area contributed by atoms with Crippen LogP contribution in [0.25, 0.3) is 0 Å². The second-order valence-corrected chi connectivity index (χ2v) is 8.04. The molecule has 0 saturated heterocycles. The summed E-state index contributed by atoms with van der Waals surface area (Å²) in [5.41, 5.74) is 11.6. The van der Waals surface area contributed by atoms with E-state index < -0.39 is 10.1 Å². The van der Waals surface area contributed by atoms with E-state index in [2.05, 4.69) is 6.92 Å². The predicted molar refractivity (Wildman–Crippen MR) is 89.2 cm³/mol. The van der Waals surface area contributed by atoms with E-state index in [4.69, 9.17) is 27.6 Å². The molecule has 0 saturated carbocycles. The number of nitrogens with two attached hydrogens (primary N) is 2. The lowest BCUT2D eigenvalue weighted by Crippen LogP contribution is -2.27. The summed E-state index contributed by atoms with van der Waals surface area (Å²) in [7, 11) is -3.94. The summed E-state index contributed by atoms with van der Waals surface area (Å²) in [5, 5.41) is -0.177. The average Bonchev–Trinajstić information content (AvgIpc) is 2.40. The second-order valence-electron chi connectivity index (χ2n) is 5.85. The minimum atomic E-state index is -3.94. The maximum Gasteiger partial charge on any atom is 0.264 e. The highest BCUT2D eigenvalue weighted by Crippen LogP contribution is 2.22. The van der Waals surface area contributed by atoms with Crippen molar-refractivity contribution in [2.75, 3.05) is 12.3 Å². The molecule has 0 rings (SSSR count). The van der Waals surface area contributed by atoms with Gasteiger partial charge in [0.2, 0.25) is 0 Å². The van der Waals surface area contributed by atoms with Crippen LogP contribution in [-0.2, 0) is 10.1 Å². The fraction of sp³-hybridized carbons (Fsp3) is 1.00. The van der Waals surface area contributed by atoms with Gasteiger partial charge >= 0.3 is 0 Å². The fourth-order valence-corrected chi connectivity index (χ4v) is 3.37. The van der Waals surface area contributed by atoms with Gasteiger partial charge in [0.25, 0.3) is 10.1 Å². The van der Waals surface area contributed by atoms with Crippen molar-refractivity contribution in [2.45, 2.75) is 69.7 Å². The molecule has 0 radical (unpaired) electrons. The van der Waals surface area contributed by atoms with Crippen molar-refractivity contribution in [3.8, 4) is 0 Å². The van der Waals surface area contributed by atoms with Crippen LogP contribution in [0.2, 0.25) is 0 Å². The minimum absolute atomic E-state index is 0.0508. The molecule has 0 heterocycles. The van der Waals surface area contributed by atoms with E-state index in [1.807, 2.05) is 0 Å². The Balaban J connectivity index is 4.24. The molecule has 0 amide bonds. The first-order valence-corrected chi connectivity index (χ1v) is 9.87. The Morgan fingerprint density at radius 3 is 2.33 bits per heavy atom. The maximum absolute atomic E-state index is 10.9. The molecular formula is C14H31ClN2O3S. The van der Waals surface area contributed by atoms with Crippen molar-refractivity contribution in [3.63, 3.8) is 0 Å². The van der Waals surface area contributed by atoms with Gasteiger partial charge < -0.3 is 11.5 Å². The Labute approximate surface area is 134 Å². The van der Waals surface area contributed by atoms with Gasteiger partial charge in [-0.05, 0) is 31.6 Å².